The Balaban J connectivity index is 1.49. The van der Waals surface area contributed by atoms with Crippen molar-refractivity contribution in [2.75, 3.05) is 36.0 Å². The molecule has 0 spiro atoms. The summed E-state index contributed by atoms with van der Waals surface area (Å²) in [6, 6.07) is 4.22. The Morgan fingerprint density at radius 3 is 2.23 bits per heavy atom. The van der Waals surface area contributed by atoms with Crippen LogP contribution in [0.2, 0.25) is 0 Å². The molecule has 2 atom stereocenters. The lowest BCUT2D eigenvalue weighted by Crippen LogP contribution is -2.29. The minimum atomic E-state index is 0.725. The zero-order valence-electron chi connectivity index (χ0n) is 13.1. The Morgan fingerprint density at radius 2 is 1.55 bits per heavy atom. The largest absolute Gasteiger partial charge is 0.371 e. The van der Waals surface area contributed by atoms with Gasteiger partial charge in [0, 0.05) is 67.4 Å². The molecule has 2 saturated heterocycles. The van der Waals surface area contributed by atoms with Crippen LogP contribution in [0.3, 0.4) is 0 Å². The highest BCUT2D eigenvalue weighted by molar-refractivity contribution is 5.51. The predicted molar refractivity (Wildman–Crippen MR) is 87.1 cm³/mol. The molecular formula is C17H21N5. The number of rotatable bonds is 2. The van der Waals surface area contributed by atoms with E-state index >= 15 is 0 Å². The van der Waals surface area contributed by atoms with Crippen LogP contribution in [0.25, 0.3) is 0 Å². The molecule has 22 heavy (non-hydrogen) atoms. The number of aryl methyl sites for hydroxylation is 1. The van der Waals surface area contributed by atoms with Gasteiger partial charge in [-0.1, -0.05) is 0 Å². The van der Waals surface area contributed by atoms with Gasteiger partial charge in [0.2, 0.25) is 0 Å². The van der Waals surface area contributed by atoms with Gasteiger partial charge in [0.15, 0.2) is 0 Å². The second-order valence-corrected chi connectivity index (χ2v) is 6.44. The van der Waals surface area contributed by atoms with Crippen molar-refractivity contribution in [3.63, 3.8) is 0 Å². The summed E-state index contributed by atoms with van der Waals surface area (Å²) in [5.74, 6) is 2.57. The van der Waals surface area contributed by atoms with E-state index in [0.717, 1.165) is 49.5 Å². The summed E-state index contributed by atoms with van der Waals surface area (Å²) in [6.07, 6.45) is 5.45. The number of fused-ring (bicyclic) bond motifs is 1. The zero-order chi connectivity index (χ0) is 15.1. The molecule has 4 heterocycles. The van der Waals surface area contributed by atoms with Gasteiger partial charge in [0.1, 0.15) is 12.1 Å². The van der Waals surface area contributed by atoms with Gasteiger partial charge in [0.05, 0.1) is 0 Å². The molecule has 4 rings (SSSR count). The summed E-state index contributed by atoms with van der Waals surface area (Å²) >= 11 is 0. The molecule has 0 aliphatic carbocycles. The maximum atomic E-state index is 4.52. The second kappa shape index (κ2) is 5.23. The van der Waals surface area contributed by atoms with Crippen molar-refractivity contribution in [1.29, 1.82) is 0 Å². The topological polar surface area (TPSA) is 45.2 Å². The first-order chi connectivity index (χ1) is 10.7. The summed E-state index contributed by atoms with van der Waals surface area (Å²) in [7, 11) is 0. The Labute approximate surface area is 131 Å². The molecule has 2 unspecified atom stereocenters. The van der Waals surface area contributed by atoms with Crippen LogP contribution < -0.4 is 9.80 Å². The van der Waals surface area contributed by atoms with Crippen molar-refractivity contribution in [2.24, 2.45) is 11.8 Å². The minimum absolute atomic E-state index is 0.725. The molecule has 5 nitrogen and oxygen atoms in total. The van der Waals surface area contributed by atoms with Crippen molar-refractivity contribution in [2.45, 2.75) is 13.8 Å². The minimum Gasteiger partial charge on any atom is -0.371 e. The van der Waals surface area contributed by atoms with Gasteiger partial charge in [-0.3, -0.25) is 4.98 Å². The van der Waals surface area contributed by atoms with Crippen LogP contribution in [0.15, 0.2) is 30.9 Å². The normalized spacial score (nSPS) is 23.9. The van der Waals surface area contributed by atoms with E-state index in [1.54, 1.807) is 6.33 Å². The van der Waals surface area contributed by atoms with Gasteiger partial charge in [-0.05, 0) is 26.0 Å². The van der Waals surface area contributed by atoms with E-state index in [1.165, 1.54) is 11.3 Å². The number of nitrogens with zero attached hydrogens (tertiary/aromatic N) is 5. The summed E-state index contributed by atoms with van der Waals surface area (Å²) < 4.78 is 0. The Kier molecular flexibility index (Phi) is 3.21. The predicted octanol–water partition coefficient (Wildman–Crippen LogP) is 2.06. The standard InChI is InChI=1S/C17H21N5/c1-12-13(2)19-11-20-17(12)22-9-14-7-21(8-15(14)10-22)16-3-5-18-6-4-16/h3-6,11,14-15H,7-10H2,1-2H3. The first-order valence-electron chi connectivity index (χ1n) is 7.90. The fraction of sp³-hybridized carbons (Fsp3) is 0.471. The van der Waals surface area contributed by atoms with Gasteiger partial charge in [-0.2, -0.15) is 0 Å². The van der Waals surface area contributed by atoms with Crippen molar-refractivity contribution in [3.8, 4) is 0 Å². The van der Waals surface area contributed by atoms with Gasteiger partial charge in [-0.25, -0.2) is 9.97 Å². The Bertz CT molecular complexity index is 658. The van der Waals surface area contributed by atoms with Gasteiger partial charge < -0.3 is 9.80 Å². The Morgan fingerprint density at radius 1 is 0.909 bits per heavy atom. The first-order valence-corrected chi connectivity index (χ1v) is 7.90. The summed E-state index contributed by atoms with van der Waals surface area (Å²) in [4.78, 5) is 17.9. The first kappa shape index (κ1) is 13.5. The van der Waals surface area contributed by atoms with E-state index < -0.39 is 0 Å². The molecule has 0 aromatic carbocycles. The quantitative estimate of drug-likeness (QED) is 0.848. The molecule has 0 amide bonds. The maximum Gasteiger partial charge on any atom is 0.135 e. The summed E-state index contributed by atoms with van der Waals surface area (Å²) in [5, 5.41) is 0. The van der Waals surface area contributed by atoms with E-state index in [-0.39, 0.29) is 0 Å². The molecule has 0 radical (unpaired) electrons. The Hall–Kier alpha value is -2.17. The molecule has 0 N–H and O–H groups in total. The van der Waals surface area contributed by atoms with Gasteiger partial charge in [0.25, 0.3) is 0 Å². The number of hydrogen-bond acceptors (Lipinski definition) is 5. The third-order valence-electron chi connectivity index (χ3n) is 5.12. The van der Waals surface area contributed by atoms with Crippen LogP contribution in [0, 0.1) is 25.7 Å². The van der Waals surface area contributed by atoms with Crippen LogP contribution in [-0.2, 0) is 0 Å². The molecule has 2 aromatic heterocycles. The fourth-order valence-electron chi connectivity index (χ4n) is 3.78. The van der Waals surface area contributed by atoms with Gasteiger partial charge in [-0.15, -0.1) is 0 Å². The summed E-state index contributed by atoms with van der Waals surface area (Å²) in [5.41, 5.74) is 3.60. The SMILES string of the molecule is Cc1ncnc(N2CC3CN(c4ccncc4)CC3C2)c1C. The van der Waals surface area contributed by atoms with E-state index in [0.29, 0.717) is 0 Å². The van der Waals surface area contributed by atoms with Crippen LogP contribution in [0.1, 0.15) is 11.3 Å². The molecule has 2 aromatic rings. The van der Waals surface area contributed by atoms with E-state index in [2.05, 4.69) is 50.7 Å². The highest BCUT2D eigenvalue weighted by atomic mass is 15.3. The van der Waals surface area contributed by atoms with Crippen LogP contribution in [0.4, 0.5) is 11.5 Å². The number of hydrogen-bond donors (Lipinski definition) is 0. The molecule has 114 valence electrons. The smallest absolute Gasteiger partial charge is 0.135 e. The van der Waals surface area contributed by atoms with Crippen LogP contribution in [-0.4, -0.2) is 41.1 Å². The zero-order valence-corrected chi connectivity index (χ0v) is 13.1. The van der Waals surface area contributed by atoms with E-state index in [1.807, 2.05) is 12.4 Å². The fourth-order valence-corrected chi connectivity index (χ4v) is 3.78. The molecule has 0 saturated carbocycles. The highest BCUT2D eigenvalue weighted by Gasteiger charge is 2.40. The number of aromatic nitrogens is 3. The van der Waals surface area contributed by atoms with E-state index in [4.69, 9.17) is 0 Å². The van der Waals surface area contributed by atoms with Crippen molar-refractivity contribution < 1.29 is 0 Å². The molecule has 2 fully saturated rings. The third kappa shape index (κ3) is 2.21. The van der Waals surface area contributed by atoms with Crippen molar-refractivity contribution >= 4 is 11.5 Å². The summed E-state index contributed by atoms with van der Waals surface area (Å²) in [6.45, 7) is 8.65. The average Bonchev–Trinajstić information content (AvgIpc) is 3.09. The highest BCUT2D eigenvalue weighted by Crippen LogP contribution is 2.36. The lowest BCUT2D eigenvalue weighted by molar-refractivity contribution is 0.533. The monoisotopic (exact) mass is 295 g/mol. The van der Waals surface area contributed by atoms with Crippen molar-refractivity contribution in [1.82, 2.24) is 15.0 Å². The maximum absolute atomic E-state index is 4.52. The molecule has 5 heteroatoms. The molecule has 2 aliphatic heterocycles. The third-order valence-corrected chi connectivity index (χ3v) is 5.12. The average molecular weight is 295 g/mol. The molecule has 0 bridgehead atoms. The van der Waals surface area contributed by atoms with Gasteiger partial charge >= 0.3 is 0 Å². The number of pyridine rings is 1. The second-order valence-electron chi connectivity index (χ2n) is 6.44. The van der Waals surface area contributed by atoms with E-state index in [9.17, 15) is 0 Å². The van der Waals surface area contributed by atoms with Crippen molar-refractivity contribution in [3.05, 3.63) is 42.1 Å². The molecule has 2 aliphatic rings. The number of anilines is 2. The lowest BCUT2D eigenvalue weighted by atomic mass is 10.0. The molecular weight excluding hydrogens is 274 g/mol. The lowest BCUT2D eigenvalue weighted by Gasteiger charge is -2.24. The van der Waals surface area contributed by atoms with Crippen LogP contribution >= 0.6 is 0 Å². The van der Waals surface area contributed by atoms with Crippen LogP contribution in [0.5, 0.6) is 0 Å².